The molecule has 0 atom stereocenters. The SMILES string of the molecule is CC(C)(C)OC(=O)Cc1ccccc1CNC=O. The van der Waals surface area contributed by atoms with Crippen LogP contribution in [0.4, 0.5) is 0 Å². The van der Waals surface area contributed by atoms with Gasteiger partial charge in [0.2, 0.25) is 6.41 Å². The van der Waals surface area contributed by atoms with Crippen molar-refractivity contribution in [3.05, 3.63) is 35.4 Å². The van der Waals surface area contributed by atoms with E-state index in [1.807, 2.05) is 45.0 Å². The Kier molecular flexibility index (Phi) is 4.89. The maximum absolute atomic E-state index is 11.7. The van der Waals surface area contributed by atoms with Gasteiger partial charge in [0.25, 0.3) is 0 Å². The van der Waals surface area contributed by atoms with Gasteiger partial charge in [-0.15, -0.1) is 0 Å². The Bertz CT molecular complexity index is 421. The lowest BCUT2D eigenvalue weighted by Crippen LogP contribution is -2.25. The van der Waals surface area contributed by atoms with Crippen LogP contribution >= 0.6 is 0 Å². The number of rotatable bonds is 5. The van der Waals surface area contributed by atoms with Gasteiger partial charge in [-0.25, -0.2) is 0 Å². The first-order chi connectivity index (χ1) is 8.42. The molecule has 1 rings (SSSR count). The maximum atomic E-state index is 11.7. The second-order valence-electron chi connectivity index (χ2n) is 5.03. The normalized spacial score (nSPS) is 10.8. The van der Waals surface area contributed by atoms with Crippen LogP contribution in [0.25, 0.3) is 0 Å². The van der Waals surface area contributed by atoms with Crippen LogP contribution in [-0.2, 0) is 27.3 Å². The first-order valence-electron chi connectivity index (χ1n) is 5.88. The molecule has 0 aliphatic heterocycles. The molecule has 0 unspecified atom stereocenters. The van der Waals surface area contributed by atoms with Crippen molar-refractivity contribution >= 4 is 12.4 Å². The van der Waals surface area contributed by atoms with Crippen LogP contribution in [0, 0.1) is 0 Å². The number of hydrogen-bond acceptors (Lipinski definition) is 3. The van der Waals surface area contributed by atoms with Gasteiger partial charge in [-0.3, -0.25) is 9.59 Å². The minimum absolute atomic E-state index is 0.216. The molecule has 1 aromatic rings. The predicted molar refractivity (Wildman–Crippen MR) is 68.9 cm³/mol. The van der Waals surface area contributed by atoms with E-state index in [9.17, 15) is 9.59 Å². The number of hydrogen-bond donors (Lipinski definition) is 1. The fourth-order valence-corrected chi connectivity index (χ4v) is 1.59. The van der Waals surface area contributed by atoms with E-state index in [1.165, 1.54) is 0 Å². The summed E-state index contributed by atoms with van der Waals surface area (Å²) < 4.78 is 5.27. The summed E-state index contributed by atoms with van der Waals surface area (Å²) in [5.74, 6) is -0.263. The number of esters is 1. The van der Waals surface area contributed by atoms with E-state index in [4.69, 9.17) is 4.74 Å². The zero-order valence-corrected chi connectivity index (χ0v) is 11.0. The van der Waals surface area contributed by atoms with Gasteiger partial charge < -0.3 is 10.1 Å². The molecule has 0 aromatic heterocycles. The molecule has 1 aromatic carbocycles. The molecule has 1 amide bonds. The summed E-state index contributed by atoms with van der Waals surface area (Å²) in [5, 5.41) is 2.59. The van der Waals surface area contributed by atoms with Gasteiger partial charge in [-0.2, -0.15) is 0 Å². The minimum Gasteiger partial charge on any atom is -0.460 e. The van der Waals surface area contributed by atoms with Gasteiger partial charge in [-0.1, -0.05) is 24.3 Å². The van der Waals surface area contributed by atoms with Crippen molar-refractivity contribution in [2.24, 2.45) is 0 Å². The molecule has 1 N–H and O–H groups in total. The fraction of sp³-hybridized carbons (Fsp3) is 0.429. The molecule has 0 fully saturated rings. The molecule has 0 radical (unpaired) electrons. The largest absolute Gasteiger partial charge is 0.460 e. The van der Waals surface area contributed by atoms with Crippen molar-refractivity contribution < 1.29 is 14.3 Å². The van der Waals surface area contributed by atoms with Gasteiger partial charge in [0, 0.05) is 6.54 Å². The molecular weight excluding hydrogens is 230 g/mol. The third kappa shape index (κ3) is 4.99. The molecule has 0 saturated heterocycles. The lowest BCUT2D eigenvalue weighted by atomic mass is 10.0. The summed E-state index contributed by atoms with van der Waals surface area (Å²) in [7, 11) is 0. The first-order valence-corrected chi connectivity index (χ1v) is 5.88. The van der Waals surface area contributed by atoms with E-state index in [0.29, 0.717) is 13.0 Å². The summed E-state index contributed by atoms with van der Waals surface area (Å²) >= 11 is 0. The first kappa shape index (κ1) is 14.2. The molecule has 0 heterocycles. The van der Waals surface area contributed by atoms with E-state index in [1.54, 1.807) is 0 Å². The smallest absolute Gasteiger partial charge is 0.310 e. The van der Waals surface area contributed by atoms with Gasteiger partial charge in [-0.05, 0) is 31.9 Å². The average Bonchev–Trinajstić information content (AvgIpc) is 2.25. The van der Waals surface area contributed by atoms with Crippen LogP contribution in [0.2, 0.25) is 0 Å². The predicted octanol–water partition coefficient (Wildman–Crippen LogP) is 1.82. The molecular formula is C14H19NO3. The van der Waals surface area contributed by atoms with Crippen molar-refractivity contribution in [3.63, 3.8) is 0 Å². The summed E-state index contributed by atoms with van der Waals surface area (Å²) in [6.07, 6.45) is 0.859. The van der Waals surface area contributed by atoms with Gasteiger partial charge in [0.1, 0.15) is 5.60 Å². The topological polar surface area (TPSA) is 55.4 Å². The molecule has 4 heteroatoms. The number of nitrogens with one attached hydrogen (secondary N) is 1. The molecule has 0 aliphatic rings. The number of ether oxygens (including phenoxy) is 1. The van der Waals surface area contributed by atoms with Crippen molar-refractivity contribution in [1.82, 2.24) is 5.32 Å². The van der Waals surface area contributed by atoms with Crippen molar-refractivity contribution in [1.29, 1.82) is 0 Å². The number of benzene rings is 1. The third-order valence-electron chi connectivity index (χ3n) is 2.25. The summed E-state index contributed by atoms with van der Waals surface area (Å²) in [4.78, 5) is 22.0. The molecule has 18 heavy (non-hydrogen) atoms. The Balaban J connectivity index is 2.71. The Hall–Kier alpha value is -1.84. The number of amides is 1. The maximum Gasteiger partial charge on any atom is 0.310 e. The Labute approximate surface area is 107 Å². The zero-order chi connectivity index (χ0) is 13.6. The number of carbonyl (C=O) groups is 2. The highest BCUT2D eigenvalue weighted by molar-refractivity contribution is 5.73. The molecule has 0 bridgehead atoms. The zero-order valence-electron chi connectivity index (χ0n) is 11.0. The lowest BCUT2D eigenvalue weighted by Gasteiger charge is -2.20. The Morgan fingerprint density at radius 1 is 1.28 bits per heavy atom. The van der Waals surface area contributed by atoms with Crippen LogP contribution in [0.3, 0.4) is 0 Å². The number of carbonyl (C=O) groups excluding carboxylic acids is 2. The Morgan fingerprint density at radius 2 is 1.89 bits per heavy atom. The van der Waals surface area contributed by atoms with E-state index in [2.05, 4.69) is 5.32 Å². The lowest BCUT2D eigenvalue weighted by molar-refractivity contribution is -0.153. The quantitative estimate of drug-likeness (QED) is 0.639. The Morgan fingerprint density at radius 3 is 2.44 bits per heavy atom. The van der Waals surface area contributed by atoms with E-state index >= 15 is 0 Å². The van der Waals surface area contributed by atoms with Crippen LogP contribution in [0.15, 0.2) is 24.3 Å². The molecule has 4 nitrogen and oxygen atoms in total. The molecule has 0 saturated carbocycles. The highest BCUT2D eigenvalue weighted by Gasteiger charge is 2.17. The summed E-state index contributed by atoms with van der Waals surface area (Å²) in [5.41, 5.74) is 1.32. The molecule has 0 spiro atoms. The minimum atomic E-state index is -0.479. The van der Waals surface area contributed by atoms with Crippen molar-refractivity contribution in [2.75, 3.05) is 0 Å². The van der Waals surface area contributed by atoms with Crippen molar-refractivity contribution in [3.8, 4) is 0 Å². The summed E-state index contributed by atoms with van der Waals surface area (Å²) in [6.45, 7) is 5.93. The fourth-order valence-electron chi connectivity index (χ4n) is 1.59. The second kappa shape index (κ2) is 6.19. The molecule has 0 aliphatic carbocycles. The van der Waals surface area contributed by atoms with Crippen LogP contribution in [-0.4, -0.2) is 18.0 Å². The average molecular weight is 249 g/mol. The van der Waals surface area contributed by atoms with Gasteiger partial charge in [0.15, 0.2) is 0 Å². The summed E-state index contributed by atoms with van der Waals surface area (Å²) in [6, 6.07) is 7.49. The van der Waals surface area contributed by atoms with E-state index < -0.39 is 5.60 Å². The highest BCUT2D eigenvalue weighted by atomic mass is 16.6. The van der Waals surface area contributed by atoms with Crippen LogP contribution < -0.4 is 5.32 Å². The third-order valence-corrected chi connectivity index (χ3v) is 2.25. The van der Waals surface area contributed by atoms with Crippen molar-refractivity contribution in [2.45, 2.75) is 39.3 Å². The van der Waals surface area contributed by atoms with E-state index in [-0.39, 0.29) is 12.4 Å². The molecule has 98 valence electrons. The second-order valence-corrected chi connectivity index (χ2v) is 5.03. The monoisotopic (exact) mass is 249 g/mol. The van der Waals surface area contributed by atoms with Gasteiger partial charge >= 0.3 is 5.97 Å². The van der Waals surface area contributed by atoms with Gasteiger partial charge in [0.05, 0.1) is 6.42 Å². The van der Waals surface area contributed by atoms with E-state index in [0.717, 1.165) is 11.1 Å². The van der Waals surface area contributed by atoms with Crippen LogP contribution in [0.5, 0.6) is 0 Å². The highest BCUT2D eigenvalue weighted by Crippen LogP contribution is 2.13. The van der Waals surface area contributed by atoms with Crippen LogP contribution in [0.1, 0.15) is 31.9 Å². The standard InChI is InChI=1S/C14H19NO3/c1-14(2,3)18-13(17)8-11-6-4-5-7-12(11)9-15-10-16/h4-7,10H,8-9H2,1-3H3,(H,15,16).